The monoisotopic (exact) mass is 523 g/mol. The molecule has 0 aliphatic rings. The molecule has 2 aromatic heterocycles. The Morgan fingerprint density at radius 1 is 1.21 bits per heavy atom. The molecule has 0 radical (unpaired) electrons. The molecule has 12 nitrogen and oxygen atoms in total. The van der Waals surface area contributed by atoms with E-state index in [1.807, 2.05) is 0 Å². The molecule has 0 amide bonds. The van der Waals surface area contributed by atoms with Gasteiger partial charge in [-0.25, -0.2) is 9.18 Å². The number of nitrogen functional groups attached to an aromatic ring is 1. The zero-order valence-electron chi connectivity index (χ0n) is 20.8. The van der Waals surface area contributed by atoms with Crippen LogP contribution in [0.3, 0.4) is 0 Å². The highest BCUT2D eigenvalue weighted by molar-refractivity contribution is 5.94. The summed E-state index contributed by atoms with van der Waals surface area (Å²) in [6.45, 7) is 1.08. The predicted octanol–water partition coefficient (Wildman–Crippen LogP) is 2.26. The van der Waals surface area contributed by atoms with Crippen molar-refractivity contribution in [2.75, 3.05) is 14.2 Å². The van der Waals surface area contributed by atoms with Crippen molar-refractivity contribution in [2.24, 2.45) is 5.73 Å². The maximum atomic E-state index is 15.5. The second kappa shape index (κ2) is 12.3. The van der Waals surface area contributed by atoms with Crippen LogP contribution >= 0.6 is 0 Å². The van der Waals surface area contributed by atoms with E-state index >= 15 is 4.39 Å². The number of hydrogen-bond acceptors (Lipinski definition) is 8. The molecule has 1 unspecified atom stereocenters. The number of nitrogens with two attached hydrogens (primary N) is 1. The van der Waals surface area contributed by atoms with Gasteiger partial charge in [-0.3, -0.25) is 15.2 Å². The fourth-order valence-corrected chi connectivity index (χ4v) is 3.58. The van der Waals surface area contributed by atoms with Crippen LogP contribution in [-0.4, -0.2) is 56.1 Å². The molecule has 0 spiro atoms. The first-order valence-corrected chi connectivity index (χ1v) is 11.2. The molecule has 13 heteroatoms. The Kier molecular flexibility index (Phi) is 8.87. The van der Waals surface area contributed by atoms with E-state index in [-0.39, 0.29) is 35.2 Å². The Bertz CT molecular complexity index is 1470. The number of carbonyl (C=O) groups is 1. The lowest BCUT2D eigenvalue weighted by Crippen LogP contribution is -2.17. The average molecular weight is 524 g/mol. The van der Waals surface area contributed by atoms with E-state index < -0.39 is 23.4 Å². The number of amidine groups is 1. The number of carboxylic acid groups (broad SMARTS) is 1. The third-order valence-electron chi connectivity index (χ3n) is 5.32. The Morgan fingerprint density at radius 2 is 1.89 bits per heavy atom. The number of H-pyrrole nitrogens is 1. The van der Waals surface area contributed by atoms with E-state index in [4.69, 9.17) is 30.5 Å². The Labute approximate surface area is 216 Å². The Balaban J connectivity index is 0.000000934. The average Bonchev–Trinajstić information content (AvgIpc) is 3.29. The van der Waals surface area contributed by atoms with Crippen molar-refractivity contribution < 1.29 is 23.8 Å². The van der Waals surface area contributed by atoms with Crippen LogP contribution in [0.15, 0.2) is 59.5 Å². The largest absolute Gasteiger partial charge is 0.497 e. The molecule has 2 aromatic carbocycles. The highest BCUT2D eigenvalue weighted by Gasteiger charge is 2.26. The lowest BCUT2D eigenvalue weighted by molar-refractivity contribution is -0.134. The number of aliphatic carboxylic acids is 1. The van der Waals surface area contributed by atoms with Crippen LogP contribution in [0.4, 0.5) is 4.39 Å². The number of rotatable bonds is 8. The third-order valence-corrected chi connectivity index (χ3v) is 5.32. The number of hydrogen-bond donors (Lipinski definition) is 4. The molecule has 4 rings (SSSR count). The van der Waals surface area contributed by atoms with Crippen LogP contribution in [0, 0.1) is 11.2 Å². The van der Waals surface area contributed by atoms with Gasteiger partial charge in [-0.05, 0) is 30.2 Å². The predicted molar refractivity (Wildman–Crippen MR) is 136 cm³/mol. The van der Waals surface area contributed by atoms with Crippen LogP contribution < -0.4 is 20.9 Å². The van der Waals surface area contributed by atoms with Crippen molar-refractivity contribution in [3.63, 3.8) is 0 Å². The fraction of sp³-hybridized carbons (Fsp3) is 0.200. The molecule has 38 heavy (non-hydrogen) atoms. The summed E-state index contributed by atoms with van der Waals surface area (Å²) in [6.07, 6.45) is 1.76. The van der Waals surface area contributed by atoms with Gasteiger partial charge in [-0.15, -0.1) is 10.2 Å². The first-order chi connectivity index (χ1) is 18.1. The number of nitrogens with zero attached hydrogens (tertiary/aromatic N) is 4. The maximum absolute atomic E-state index is 15.5. The minimum Gasteiger partial charge on any atom is -0.497 e. The number of aromatic amines is 1. The topological polar surface area (TPSA) is 182 Å². The van der Waals surface area contributed by atoms with Crippen LogP contribution in [0.2, 0.25) is 0 Å². The van der Waals surface area contributed by atoms with Gasteiger partial charge in [0.1, 0.15) is 17.4 Å². The van der Waals surface area contributed by atoms with Gasteiger partial charge < -0.3 is 20.3 Å². The van der Waals surface area contributed by atoms with Crippen molar-refractivity contribution in [3.05, 3.63) is 93.5 Å². The smallest absolute Gasteiger partial charge is 0.349 e. The first-order valence-electron chi connectivity index (χ1n) is 11.2. The van der Waals surface area contributed by atoms with E-state index in [0.29, 0.717) is 11.3 Å². The molecule has 0 fully saturated rings. The van der Waals surface area contributed by atoms with Crippen molar-refractivity contribution in [1.82, 2.24) is 25.0 Å². The quantitative estimate of drug-likeness (QED) is 0.199. The van der Waals surface area contributed by atoms with E-state index in [2.05, 4.69) is 20.3 Å². The van der Waals surface area contributed by atoms with Crippen LogP contribution in [0.5, 0.6) is 11.5 Å². The second-order valence-corrected chi connectivity index (χ2v) is 7.93. The molecule has 0 saturated heterocycles. The van der Waals surface area contributed by atoms with E-state index in [1.165, 1.54) is 26.5 Å². The molecule has 1 atom stereocenters. The zero-order chi connectivity index (χ0) is 27.8. The summed E-state index contributed by atoms with van der Waals surface area (Å²) in [7, 11) is 2.83. The lowest BCUT2D eigenvalue weighted by Gasteiger charge is -2.18. The van der Waals surface area contributed by atoms with Crippen LogP contribution in [0.25, 0.3) is 5.82 Å². The van der Waals surface area contributed by atoms with Crippen LogP contribution in [0.1, 0.15) is 35.4 Å². The molecule has 4 aromatic rings. The van der Waals surface area contributed by atoms with Gasteiger partial charge in [-0.1, -0.05) is 24.3 Å². The first kappa shape index (κ1) is 27.5. The summed E-state index contributed by atoms with van der Waals surface area (Å²) in [4.78, 5) is 24.4. The maximum Gasteiger partial charge on any atom is 0.349 e. The summed E-state index contributed by atoms with van der Waals surface area (Å²) in [5, 5.41) is 27.1. The lowest BCUT2D eigenvalue weighted by atomic mass is 9.90. The standard InChI is InChI=1S/C23H22FN7O3.C2H4O2/c1-33-15-11-16(20(24)18(12-15)34-2)17(10-13-5-7-14(8-6-13)21(25)26)22-28-23(32)31(30-22)19-4-3-9-27-29-19;1-2(3)4/h3-9,11-12,17H,10H2,1-2H3,(H3,25,26)(H,28,30,32);1H3,(H,3,4). The normalized spacial score (nSPS) is 11.2. The summed E-state index contributed by atoms with van der Waals surface area (Å²) in [5.74, 6) is -1.35. The van der Waals surface area contributed by atoms with Gasteiger partial charge in [0.05, 0.1) is 20.1 Å². The number of benzene rings is 2. The highest BCUT2D eigenvalue weighted by atomic mass is 19.1. The Hall–Kier alpha value is -5.07. The summed E-state index contributed by atoms with van der Waals surface area (Å²) >= 11 is 0. The van der Waals surface area contributed by atoms with E-state index in [0.717, 1.165) is 17.2 Å². The molecule has 5 N–H and O–H groups in total. The van der Waals surface area contributed by atoms with Gasteiger partial charge in [0.25, 0.3) is 5.97 Å². The number of nitrogens with one attached hydrogen (secondary N) is 2. The van der Waals surface area contributed by atoms with Crippen molar-refractivity contribution in [1.29, 1.82) is 5.41 Å². The van der Waals surface area contributed by atoms with E-state index in [9.17, 15) is 4.79 Å². The van der Waals surface area contributed by atoms with Gasteiger partial charge in [0.15, 0.2) is 17.4 Å². The van der Waals surface area contributed by atoms with E-state index in [1.54, 1.807) is 42.5 Å². The van der Waals surface area contributed by atoms with Gasteiger partial charge in [0.2, 0.25) is 0 Å². The number of carboxylic acids is 1. The molecule has 0 bridgehead atoms. The molecule has 0 saturated carbocycles. The van der Waals surface area contributed by atoms with Crippen LogP contribution in [-0.2, 0) is 11.2 Å². The minimum atomic E-state index is -0.833. The van der Waals surface area contributed by atoms with Gasteiger partial charge >= 0.3 is 5.69 Å². The number of aromatic nitrogens is 5. The molecule has 198 valence electrons. The highest BCUT2D eigenvalue weighted by Crippen LogP contribution is 2.35. The SMILES string of the molecule is CC(=O)O.COc1cc(OC)c(F)c(C(Cc2ccc(C(=N)N)cc2)c2nn(-c3cccnn3)c(=O)[nH]2)c1. The van der Waals surface area contributed by atoms with Crippen molar-refractivity contribution in [3.8, 4) is 17.3 Å². The fourth-order valence-electron chi connectivity index (χ4n) is 3.58. The minimum absolute atomic E-state index is 0.00184. The zero-order valence-corrected chi connectivity index (χ0v) is 20.8. The molecular weight excluding hydrogens is 497 g/mol. The molecule has 0 aliphatic carbocycles. The Morgan fingerprint density at radius 3 is 2.45 bits per heavy atom. The number of halogens is 1. The number of ether oxygens (including phenoxy) is 2. The summed E-state index contributed by atoms with van der Waals surface area (Å²) in [5.41, 5.74) is 6.61. The van der Waals surface area contributed by atoms with Crippen molar-refractivity contribution in [2.45, 2.75) is 19.3 Å². The third kappa shape index (κ3) is 6.57. The summed E-state index contributed by atoms with van der Waals surface area (Å²) in [6, 6.07) is 13.2. The molecule has 2 heterocycles. The summed E-state index contributed by atoms with van der Waals surface area (Å²) < 4.78 is 27.1. The van der Waals surface area contributed by atoms with Crippen molar-refractivity contribution >= 4 is 11.8 Å². The molecular formula is C25H26FN7O5. The van der Waals surface area contributed by atoms with Gasteiger partial charge in [-0.2, -0.15) is 9.78 Å². The number of methoxy groups -OCH3 is 2. The second-order valence-electron chi connectivity index (χ2n) is 7.93. The molecule has 0 aliphatic heterocycles. The van der Waals surface area contributed by atoms with Gasteiger partial charge in [0, 0.05) is 30.3 Å².